The second-order valence-electron chi connectivity index (χ2n) is 6.11. The maximum atomic E-state index is 6.00. The van der Waals surface area contributed by atoms with E-state index in [0.29, 0.717) is 6.04 Å². The zero-order valence-corrected chi connectivity index (χ0v) is 11.5. The Labute approximate surface area is 105 Å². The molecule has 0 radical (unpaired) electrons. The normalized spacial score (nSPS) is 35.6. The Bertz CT molecular complexity index is 236. The molecule has 2 aliphatic heterocycles. The second kappa shape index (κ2) is 5.68. The molecule has 0 aliphatic carbocycles. The Morgan fingerprint density at radius 3 is 2.76 bits per heavy atom. The minimum atomic E-state index is 0.0506. The number of hydrogen-bond donors (Lipinski definition) is 1. The van der Waals surface area contributed by atoms with Crippen molar-refractivity contribution >= 4 is 0 Å². The van der Waals surface area contributed by atoms with Crippen molar-refractivity contribution < 1.29 is 9.47 Å². The van der Waals surface area contributed by atoms with Gasteiger partial charge in [-0.2, -0.15) is 0 Å². The van der Waals surface area contributed by atoms with Crippen molar-refractivity contribution in [3.8, 4) is 0 Å². The van der Waals surface area contributed by atoms with Crippen molar-refractivity contribution in [1.82, 2.24) is 5.32 Å². The average Bonchev–Trinajstić information content (AvgIpc) is 2.74. The molecule has 0 aromatic carbocycles. The van der Waals surface area contributed by atoms with Crippen molar-refractivity contribution in [3.63, 3.8) is 0 Å². The molecule has 0 saturated carbocycles. The second-order valence-corrected chi connectivity index (χ2v) is 6.11. The summed E-state index contributed by atoms with van der Waals surface area (Å²) in [4.78, 5) is 0. The molecule has 0 amide bonds. The molecule has 17 heavy (non-hydrogen) atoms. The summed E-state index contributed by atoms with van der Waals surface area (Å²) < 4.78 is 11.5. The van der Waals surface area contributed by atoms with Crippen LogP contribution in [0.4, 0.5) is 0 Å². The van der Waals surface area contributed by atoms with E-state index in [9.17, 15) is 0 Å². The van der Waals surface area contributed by atoms with Crippen LogP contribution in [-0.4, -0.2) is 38.5 Å². The van der Waals surface area contributed by atoms with Crippen LogP contribution >= 0.6 is 0 Å². The summed E-state index contributed by atoms with van der Waals surface area (Å²) >= 11 is 0. The molecule has 1 spiro atoms. The van der Waals surface area contributed by atoms with Gasteiger partial charge in [-0.1, -0.05) is 13.8 Å². The molecule has 3 nitrogen and oxygen atoms in total. The zero-order valence-electron chi connectivity index (χ0n) is 11.5. The van der Waals surface area contributed by atoms with Crippen LogP contribution < -0.4 is 5.32 Å². The van der Waals surface area contributed by atoms with Crippen molar-refractivity contribution in [3.05, 3.63) is 0 Å². The number of rotatable bonds is 4. The molecule has 2 rings (SSSR count). The molecule has 2 heterocycles. The quantitative estimate of drug-likeness (QED) is 0.818. The Balaban J connectivity index is 1.95. The zero-order chi connectivity index (χ0) is 12.3. The third-order valence-corrected chi connectivity index (χ3v) is 4.26. The summed E-state index contributed by atoms with van der Waals surface area (Å²) in [5.74, 6) is 1.50. The van der Waals surface area contributed by atoms with E-state index in [4.69, 9.17) is 9.47 Å². The van der Waals surface area contributed by atoms with Gasteiger partial charge >= 0.3 is 0 Å². The Morgan fingerprint density at radius 2 is 2.18 bits per heavy atom. The molecule has 3 unspecified atom stereocenters. The highest BCUT2D eigenvalue weighted by Crippen LogP contribution is 2.37. The van der Waals surface area contributed by atoms with Gasteiger partial charge < -0.3 is 14.8 Å². The van der Waals surface area contributed by atoms with Crippen molar-refractivity contribution in [2.45, 2.75) is 51.2 Å². The summed E-state index contributed by atoms with van der Waals surface area (Å²) in [6, 6.07) is 0.636. The number of nitrogens with one attached hydrogen (secondary N) is 1. The van der Waals surface area contributed by atoms with Crippen LogP contribution in [0.3, 0.4) is 0 Å². The monoisotopic (exact) mass is 241 g/mol. The number of ether oxygens (including phenoxy) is 2. The fourth-order valence-corrected chi connectivity index (χ4v) is 3.33. The summed E-state index contributed by atoms with van der Waals surface area (Å²) in [5.41, 5.74) is 0.0506. The lowest BCUT2D eigenvalue weighted by atomic mass is 9.79. The van der Waals surface area contributed by atoms with Gasteiger partial charge in [0.1, 0.15) is 0 Å². The molecule has 0 aromatic heterocycles. The molecule has 100 valence electrons. The summed E-state index contributed by atoms with van der Waals surface area (Å²) in [5, 5.41) is 3.51. The van der Waals surface area contributed by atoms with Crippen LogP contribution in [0, 0.1) is 11.8 Å². The van der Waals surface area contributed by atoms with Crippen LogP contribution in [-0.2, 0) is 9.47 Å². The predicted octanol–water partition coefficient (Wildman–Crippen LogP) is 2.21. The Morgan fingerprint density at radius 1 is 1.35 bits per heavy atom. The van der Waals surface area contributed by atoms with Crippen molar-refractivity contribution in [1.29, 1.82) is 0 Å². The van der Waals surface area contributed by atoms with Crippen molar-refractivity contribution in [2.24, 2.45) is 11.8 Å². The van der Waals surface area contributed by atoms with E-state index < -0.39 is 0 Å². The first-order valence-corrected chi connectivity index (χ1v) is 7.04. The van der Waals surface area contributed by atoms with Gasteiger partial charge in [-0.15, -0.1) is 0 Å². The lowest BCUT2D eigenvalue weighted by Gasteiger charge is -2.40. The first kappa shape index (κ1) is 13.3. The van der Waals surface area contributed by atoms with Crippen LogP contribution in [0.25, 0.3) is 0 Å². The fraction of sp³-hybridized carbons (Fsp3) is 1.00. The lowest BCUT2D eigenvalue weighted by Crippen LogP contribution is -2.47. The topological polar surface area (TPSA) is 30.5 Å². The van der Waals surface area contributed by atoms with E-state index in [2.05, 4.69) is 26.2 Å². The fourth-order valence-electron chi connectivity index (χ4n) is 3.33. The molecule has 2 saturated heterocycles. The highest BCUT2D eigenvalue weighted by atomic mass is 16.6. The van der Waals surface area contributed by atoms with E-state index in [0.717, 1.165) is 38.1 Å². The first-order chi connectivity index (χ1) is 8.15. The molecule has 0 bridgehead atoms. The van der Waals surface area contributed by atoms with E-state index in [-0.39, 0.29) is 5.60 Å². The lowest BCUT2D eigenvalue weighted by molar-refractivity contribution is -0.103. The Hall–Kier alpha value is -0.120. The van der Waals surface area contributed by atoms with Gasteiger partial charge in [0.05, 0.1) is 12.2 Å². The molecule has 3 heteroatoms. The van der Waals surface area contributed by atoms with Gasteiger partial charge in [0.15, 0.2) is 0 Å². The summed E-state index contributed by atoms with van der Waals surface area (Å²) in [7, 11) is 2.10. The third kappa shape index (κ3) is 3.21. The molecule has 2 aliphatic rings. The van der Waals surface area contributed by atoms with Gasteiger partial charge in [-0.25, -0.2) is 0 Å². The average molecular weight is 241 g/mol. The van der Waals surface area contributed by atoms with Crippen LogP contribution in [0.5, 0.6) is 0 Å². The maximum Gasteiger partial charge on any atom is 0.0939 e. The van der Waals surface area contributed by atoms with Crippen molar-refractivity contribution in [2.75, 3.05) is 26.9 Å². The van der Waals surface area contributed by atoms with E-state index in [1.54, 1.807) is 0 Å². The molecular formula is C14H27NO2. The van der Waals surface area contributed by atoms with E-state index in [1.165, 1.54) is 19.3 Å². The van der Waals surface area contributed by atoms with Gasteiger partial charge in [-0.3, -0.25) is 0 Å². The van der Waals surface area contributed by atoms with E-state index in [1.807, 2.05) is 0 Å². The first-order valence-electron chi connectivity index (χ1n) is 7.04. The van der Waals surface area contributed by atoms with Gasteiger partial charge in [0.2, 0.25) is 0 Å². The number of hydrogen-bond acceptors (Lipinski definition) is 3. The minimum Gasteiger partial charge on any atom is -0.378 e. The largest absolute Gasteiger partial charge is 0.378 e. The minimum absolute atomic E-state index is 0.0506. The molecule has 3 atom stereocenters. The molecule has 2 fully saturated rings. The van der Waals surface area contributed by atoms with E-state index >= 15 is 0 Å². The van der Waals surface area contributed by atoms with Gasteiger partial charge in [-0.05, 0) is 38.1 Å². The van der Waals surface area contributed by atoms with Gasteiger partial charge in [0.25, 0.3) is 0 Å². The highest BCUT2D eigenvalue weighted by Gasteiger charge is 2.42. The SMILES string of the molecule is CNC(CC(C)C)C1CCOC2(CCOC2)C1. The summed E-state index contributed by atoms with van der Waals surface area (Å²) in [6.45, 7) is 7.20. The third-order valence-electron chi connectivity index (χ3n) is 4.26. The molecular weight excluding hydrogens is 214 g/mol. The molecule has 0 aromatic rings. The maximum absolute atomic E-state index is 6.00. The standard InChI is InChI=1S/C14H27NO2/c1-11(2)8-13(15-3)12-4-6-17-14(9-12)5-7-16-10-14/h11-13,15H,4-10H2,1-3H3. The summed E-state index contributed by atoms with van der Waals surface area (Å²) in [6.07, 6.45) is 4.71. The van der Waals surface area contributed by atoms with Crippen LogP contribution in [0.15, 0.2) is 0 Å². The Kier molecular flexibility index (Phi) is 4.45. The predicted molar refractivity (Wildman–Crippen MR) is 69.1 cm³/mol. The van der Waals surface area contributed by atoms with Crippen LogP contribution in [0.1, 0.15) is 39.5 Å². The van der Waals surface area contributed by atoms with Crippen LogP contribution in [0.2, 0.25) is 0 Å². The van der Waals surface area contributed by atoms with Gasteiger partial charge in [0, 0.05) is 25.7 Å². The smallest absolute Gasteiger partial charge is 0.0939 e. The molecule has 1 N–H and O–H groups in total. The highest BCUT2D eigenvalue weighted by molar-refractivity contribution is 4.93.